The molecule has 2 heterocycles. The van der Waals surface area contributed by atoms with Crippen LogP contribution in [0.1, 0.15) is 10.4 Å². The number of aromatic carboxylic acids is 1. The van der Waals surface area contributed by atoms with E-state index in [1.54, 1.807) is 0 Å². The number of rotatable bonds is 3. The molecule has 0 amide bonds. The average Bonchev–Trinajstić information content (AvgIpc) is 2.73. The fraction of sp³-hybridized carbons (Fsp3) is 0. The van der Waals surface area contributed by atoms with Crippen molar-refractivity contribution in [2.24, 2.45) is 0 Å². The van der Waals surface area contributed by atoms with Gasteiger partial charge in [-0.2, -0.15) is 4.37 Å². The third kappa shape index (κ3) is 2.28. The molecule has 0 unspecified atom stereocenters. The zero-order valence-electron chi connectivity index (χ0n) is 7.82. The maximum Gasteiger partial charge on any atom is 0.337 e. The molecule has 0 atom stereocenters. The van der Waals surface area contributed by atoms with Gasteiger partial charge in [-0.15, -0.1) is 0 Å². The number of hydrogen-bond acceptors (Lipinski definition) is 7. The van der Waals surface area contributed by atoms with Crippen molar-refractivity contribution < 1.29 is 9.90 Å². The van der Waals surface area contributed by atoms with Crippen LogP contribution in [0.2, 0.25) is 0 Å². The highest BCUT2D eigenvalue weighted by atomic mass is 32.2. The first kappa shape index (κ1) is 10.8. The van der Waals surface area contributed by atoms with Crippen LogP contribution >= 0.6 is 23.3 Å². The largest absolute Gasteiger partial charge is 0.478 e. The molecule has 0 aliphatic heterocycles. The fourth-order valence-corrected chi connectivity index (χ4v) is 2.30. The number of carboxylic acid groups (broad SMARTS) is 1. The number of hydrogen-bond donors (Lipinski definition) is 2. The van der Waals surface area contributed by atoms with E-state index in [2.05, 4.69) is 14.3 Å². The van der Waals surface area contributed by atoms with Gasteiger partial charge in [-0.25, -0.2) is 14.8 Å². The minimum absolute atomic E-state index is 0.0686. The van der Waals surface area contributed by atoms with Crippen molar-refractivity contribution in [1.29, 1.82) is 0 Å². The Kier molecular flexibility index (Phi) is 3.02. The number of aromatic nitrogens is 3. The van der Waals surface area contributed by atoms with Crippen molar-refractivity contribution in [2.45, 2.75) is 9.37 Å². The number of anilines is 1. The van der Waals surface area contributed by atoms with Gasteiger partial charge in [0.2, 0.25) is 0 Å². The molecular weight excluding hydrogens is 248 g/mol. The van der Waals surface area contributed by atoms with Gasteiger partial charge in [-0.05, 0) is 29.4 Å². The van der Waals surface area contributed by atoms with E-state index in [4.69, 9.17) is 10.8 Å². The Balaban J connectivity index is 2.26. The monoisotopic (exact) mass is 254 g/mol. The summed E-state index contributed by atoms with van der Waals surface area (Å²) in [5, 5.41) is 9.26. The van der Waals surface area contributed by atoms with Crippen LogP contribution in [0.4, 0.5) is 5.69 Å². The van der Waals surface area contributed by atoms with E-state index >= 15 is 0 Å². The van der Waals surface area contributed by atoms with Crippen molar-refractivity contribution in [3.05, 3.63) is 24.2 Å². The van der Waals surface area contributed by atoms with Gasteiger partial charge >= 0.3 is 5.97 Å². The van der Waals surface area contributed by atoms with Gasteiger partial charge in [0.05, 0.1) is 11.3 Å². The maximum atomic E-state index is 10.7. The smallest absolute Gasteiger partial charge is 0.337 e. The lowest BCUT2D eigenvalue weighted by atomic mass is 10.3. The van der Waals surface area contributed by atoms with E-state index in [1.165, 1.54) is 41.9 Å². The zero-order valence-corrected chi connectivity index (χ0v) is 9.46. The lowest BCUT2D eigenvalue weighted by molar-refractivity contribution is 0.0696. The predicted octanol–water partition coefficient (Wildman–Crippen LogP) is 1.36. The van der Waals surface area contributed by atoms with Gasteiger partial charge in [0.1, 0.15) is 11.4 Å². The molecule has 0 spiro atoms. The van der Waals surface area contributed by atoms with Crippen molar-refractivity contribution in [2.75, 3.05) is 5.73 Å². The van der Waals surface area contributed by atoms with Crippen molar-refractivity contribution in [3.63, 3.8) is 0 Å². The Morgan fingerprint density at radius 2 is 2.31 bits per heavy atom. The van der Waals surface area contributed by atoms with Crippen LogP contribution in [-0.4, -0.2) is 25.4 Å². The highest BCUT2D eigenvalue weighted by Crippen LogP contribution is 2.30. The van der Waals surface area contributed by atoms with Crippen LogP contribution in [0.25, 0.3) is 0 Å². The van der Waals surface area contributed by atoms with E-state index in [0.717, 1.165) is 0 Å². The quantitative estimate of drug-likeness (QED) is 0.852. The SMILES string of the molecule is Nc1cc(C(=O)O)cnc1Sc1ncns1. The summed E-state index contributed by atoms with van der Waals surface area (Å²) in [7, 11) is 0. The summed E-state index contributed by atoms with van der Waals surface area (Å²) in [4.78, 5) is 18.6. The minimum atomic E-state index is -1.05. The van der Waals surface area contributed by atoms with E-state index < -0.39 is 5.97 Å². The van der Waals surface area contributed by atoms with Crippen LogP contribution in [0.3, 0.4) is 0 Å². The molecule has 0 fully saturated rings. The molecule has 6 nitrogen and oxygen atoms in total. The number of nitrogen functional groups attached to an aromatic ring is 1. The molecule has 2 rings (SSSR count). The van der Waals surface area contributed by atoms with Crippen LogP contribution in [0.15, 0.2) is 28.0 Å². The predicted molar refractivity (Wildman–Crippen MR) is 59.6 cm³/mol. The molecule has 8 heteroatoms. The molecule has 0 aliphatic carbocycles. The average molecular weight is 254 g/mol. The van der Waals surface area contributed by atoms with Crippen LogP contribution in [0, 0.1) is 0 Å². The summed E-state index contributed by atoms with van der Waals surface area (Å²) in [6.07, 6.45) is 2.71. The first-order valence-electron chi connectivity index (χ1n) is 4.10. The number of pyridine rings is 1. The number of nitrogens with zero attached hydrogens (tertiary/aromatic N) is 3. The standard InChI is InChI=1S/C8H6N4O2S2/c9-5-1-4(7(13)14)2-10-6(5)15-8-11-3-12-16-8/h1-3H,9H2,(H,13,14). The Bertz CT molecular complexity index is 515. The molecule has 0 saturated carbocycles. The summed E-state index contributed by atoms with van der Waals surface area (Å²) in [6, 6.07) is 1.37. The van der Waals surface area contributed by atoms with E-state index in [0.29, 0.717) is 15.1 Å². The fourth-order valence-electron chi connectivity index (χ4n) is 0.962. The summed E-state index contributed by atoms with van der Waals surface area (Å²) >= 11 is 2.48. The van der Waals surface area contributed by atoms with Gasteiger partial charge in [0.15, 0.2) is 4.34 Å². The third-order valence-corrected chi connectivity index (χ3v) is 3.40. The summed E-state index contributed by atoms with van der Waals surface area (Å²) in [5.41, 5.74) is 6.07. The van der Waals surface area contributed by atoms with Crippen LogP contribution < -0.4 is 5.73 Å². The minimum Gasteiger partial charge on any atom is -0.478 e. The molecule has 16 heavy (non-hydrogen) atoms. The Morgan fingerprint density at radius 1 is 1.50 bits per heavy atom. The van der Waals surface area contributed by atoms with Crippen LogP contribution in [0.5, 0.6) is 0 Å². The highest BCUT2D eigenvalue weighted by Gasteiger charge is 2.10. The third-order valence-electron chi connectivity index (χ3n) is 1.65. The van der Waals surface area contributed by atoms with Crippen LogP contribution in [-0.2, 0) is 0 Å². The summed E-state index contributed by atoms with van der Waals surface area (Å²) < 4.78 is 4.55. The summed E-state index contributed by atoms with van der Waals surface area (Å²) in [5.74, 6) is -1.05. The molecule has 2 aromatic heterocycles. The molecule has 0 aromatic carbocycles. The Hall–Kier alpha value is -1.67. The lowest BCUT2D eigenvalue weighted by Gasteiger charge is -2.02. The van der Waals surface area contributed by atoms with Crippen molar-refractivity contribution >= 4 is 35.0 Å². The number of carboxylic acids is 1. The topological polar surface area (TPSA) is 102 Å². The second-order valence-corrected chi connectivity index (χ2v) is 4.75. The number of carbonyl (C=O) groups is 1. The normalized spacial score (nSPS) is 10.2. The number of nitrogens with two attached hydrogens (primary N) is 1. The molecule has 0 saturated heterocycles. The molecule has 0 radical (unpaired) electrons. The van der Waals surface area contributed by atoms with E-state index in [1.807, 2.05) is 0 Å². The first-order chi connectivity index (χ1) is 7.66. The summed E-state index contributed by atoms with van der Waals surface area (Å²) in [6.45, 7) is 0. The first-order valence-corrected chi connectivity index (χ1v) is 5.69. The molecular formula is C8H6N4O2S2. The Morgan fingerprint density at radius 3 is 2.88 bits per heavy atom. The van der Waals surface area contributed by atoms with Crippen molar-refractivity contribution in [1.82, 2.24) is 14.3 Å². The molecule has 3 N–H and O–H groups in total. The molecule has 82 valence electrons. The molecule has 0 aliphatic rings. The van der Waals surface area contributed by atoms with Gasteiger partial charge < -0.3 is 10.8 Å². The second-order valence-electron chi connectivity index (χ2n) is 2.73. The van der Waals surface area contributed by atoms with Gasteiger partial charge in [-0.1, -0.05) is 0 Å². The maximum absolute atomic E-state index is 10.7. The Labute approximate surface area is 98.7 Å². The van der Waals surface area contributed by atoms with Gasteiger partial charge in [0, 0.05) is 6.20 Å². The highest BCUT2D eigenvalue weighted by molar-refractivity contribution is 8.01. The van der Waals surface area contributed by atoms with Crippen molar-refractivity contribution in [3.8, 4) is 0 Å². The van der Waals surface area contributed by atoms with Gasteiger partial charge in [0.25, 0.3) is 0 Å². The zero-order chi connectivity index (χ0) is 11.5. The molecule has 2 aromatic rings. The van der Waals surface area contributed by atoms with E-state index in [9.17, 15) is 4.79 Å². The molecule has 0 bridgehead atoms. The second kappa shape index (κ2) is 4.45. The van der Waals surface area contributed by atoms with Gasteiger partial charge in [-0.3, -0.25) is 0 Å². The van der Waals surface area contributed by atoms with E-state index in [-0.39, 0.29) is 5.56 Å². The lowest BCUT2D eigenvalue weighted by Crippen LogP contribution is -2.00.